The van der Waals surface area contributed by atoms with E-state index in [9.17, 15) is 9.59 Å². The molecule has 3 aromatic rings. The molecule has 1 unspecified atom stereocenters. The van der Waals surface area contributed by atoms with E-state index in [0.29, 0.717) is 11.6 Å². The van der Waals surface area contributed by atoms with Gasteiger partial charge in [-0.25, -0.2) is 0 Å². The lowest BCUT2D eigenvalue weighted by atomic mass is 10.0. The normalized spacial score (nSPS) is 17.6. The first-order chi connectivity index (χ1) is 12.6. The van der Waals surface area contributed by atoms with Crippen LogP contribution in [-0.2, 0) is 11.3 Å². The number of thiophene rings is 1. The molecular formula is C21H22N2O2S. The average molecular weight is 366 g/mol. The summed E-state index contributed by atoms with van der Waals surface area (Å²) in [5.74, 6) is 0.154. The number of hydrogen-bond donors (Lipinski definition) is 0. The molecule has 26 heavy (non-hydrogen) atoms. The predicted octanol–water partition coefficient (Wildman–Crippen LogP) is 4.33. The van der Waals surface area contributed by atoms with E-state index in [1.807, 2.05) is 57.4 Å². The van der Waals surface area contributed by atoms with Crippen LogP contribution in [0.15, 0.2) is 48.0 Å². The molecule has 1 fully saturated rings. The number of likely N-dealkylation sites (tertiary alicyclic amines) is 1. The topological polar surface area (TPSA) is 42.3 Å². The van der Waals surface area contributed by atoms with Crippen LogP contribution in [-0.4, -0.2) is 33.7 Å². The molecule has 1 amide bonds. The van der Waals surface area contributed by atoms with Crippen LogP contribution in [0.3, 0.4) is 0 Å². The molecule has 5 heteroatoms. The number of nitrogens with zero attached hydrogens (tertiary/aromatic N) is 2. The largest absolute Gasteiger partial charge is 0.338 e. The summed E-state index contributed by atoms with van der Waals surface area (Å²) in [6, 6.07) is 11.9. The first kappa shape index (κ1) is 17.0. The van der Waals surface area contributed by atoms with E-state index in [0.717, 1.165) is 35.2 Å². The SMILES string of the molecule is CC1CCCCN1C(=O)Cn1cc(C(=O)c2cccs2)c2ccccc21. The molecular weight excluding hydrogens is 344 g/mol. The minimum Gasteiger partial charge on any atom is -0.338 e. The molecule has 2 aromatic heterocycles. The number of hydrogen-bond acceptors (Lipinski definition) is 3. The van der Waals surface area contributed by atoms with Crippen molar-refractivity contribution in [2.45, 2.75) is 38.8 Å². The molecule has 1 aliphatic rings. The summed E-state index contributed by atoms with van der Waals surface area (Å²) in [6.45, 7) is 3.24. The second-order valence-electron chi connectivity index (χ2n) is 6.93. The third-order valence-electron chi connectivity index (χ3n) is 5.21. The molecule has 4 rings (SSSR count). The molecule has 0 spiro atoms. The van der Waals surface area contributed by atoms with E-state index < -0.39 is 0 Å². The molecule has 0 bridgehead atoms. The van der Waals surface area contributed by atoms with E-state index >= 15 is 0 Å². The Hall–Kier alpha value is -2.40. The van der Waals surface area contributed by atoms with Crippen LogP contribution in [0, 0.1) is 0 Å². The lowest BCUT2D eigenvalue weighted by Gasteiger charge is -2.33. The minimum atomic E-state index is 0.0220. The Labute approximate surface area is 157 Å². The van der Waals surface area contributed by atoms with Crippen molar-refractivity contribution in [3.63, 3.8) is 0 Å². The number of benzene rings is 1. The Morgan fingerprint density at radius 1 is 1.15 bits per heavy atom. The number of carbonyl (C=O) groups is 2. The van der Waals surface area contributed by atoms with Gasteiger partial charge in [-0.05, 0) is 43.7 Å². The summed E-state index contributed by atoms with van der Waals surface area (Å²) in [5.41, 5.74) is 1.60. The quantitative estimate of drug-likeness (QED) is 0.645. The zero-order valence-electron chi connectivity index (χ0n) is 14.9. The number of rotatable bonds is 4. The average Bonchev–Trinajstić information content (AvgIpc) is 3.30. The van der Waals surface area contributed by atoms with Crippen molar-refractivity contribution in [2.75, 3.05) is 6.54 Å². The molecule has 1 atom stereocenters. The summed E-state index contributed by atoms with van der Waals surface area (Å²) in [6.07, 6.45) is 5.18. The van der Waals surface area contributed by atoms with Crippen molar-refractivity contribution >= 4 is 33.9 Å². The molecule has 0 saturated carbocycles. The van der Waals surface area contributed by atoms with Crippen LogP contribution in [0.4, 0.5) is 0 Å². The second-order valence-corrected chi connectivity index (χ2v) is 7.87. The first-order valence-corrected chi connectivity index (χ1v) is 9.98. The van der Waals surface area contributed by atoms with E-state index in [1.54, 1.807) is 0 Å². The van der Waals surface area contributed by atoms with Crippen molar-refractivity contribution in [3.05, 3.63) is 58.4 Å². The summed E-state index contributed by atoms with van der Waals surface area (Å²) >= 11 is 1.45. The number of aromatic nitrogens is 1. The van der Waals surface area contributed by atoms with Gasteiger partial charge in [0.25, 0.3) is 0 Å². The number of carbonyl (C=O) groups excluding carboxylic acids is 2. The Kier molecular flexibility index (Phi) is 4.64. The van der Waals surface area contributed by atoms with Crippen LogP contribution < -0.4 is 0 Å². The highest BCUT2D eigenvalue weighted by molar-refractivity contribution is 7.12. The van der Waals surface area contributed by atoms with Crippen molar-refractivity contribution < 1.29 is 9.59 Å². The Bertz CT molecular complexity index is 942. The zero-order valence-corrected chi connectivity index (χ0v) is 15.7. The molecule has 1 aliphatic heterocycles. The van der Waals surface area contributed by atoms with Crippen LogP contribution in [0.1, 0.15) is 41.4 Å². The maximum absolute atomic E-state index is 12.9. The van der Waals surface area contributed by atoms with Crippen LogP contribution in [0.2, 0.25) is 0 Å². The maximum atomic E-state index is 12.9. The van der Waals surface area contributed by atoms with Gasteiger partial charge in [0, 0.05) is 35.2 Å². The van der Waals surface area contributed by atoms with E-state index in [4.69, 9.17) is 0 Å². The standard InChI is InChI=1S/C21H22N2O2S/c1-15-7-4-5-11-23(15)20(24)14-22-13-17(16-8-2-3-9-18(16)22)21(25)19-10-6-12-26-19/h2-3,6,8-10,12-13,15H,4-5,7,11,14H2,1H3. The third kappa shape index (κ3) is 3.07. The Balaban J connectivity index is 1.67. The summed E-state index contributed by atoms with van der Waals surface area (Å²) in [5, 5.41) is 2.82. The number of ketones is 1. The molecule has 0 radical (unpaired) electrons. The fourth-order valence-electron chi connectivity index (χ4n) is 3.80. The number of amides is 1. The van der Waals surface area contributed by atoms with Crippen LogP contribution >= 0.6 is 11.3 Å². The van der Waals surface area contributed by atoms with Crippen LogP contribution in [0.25, 0.3) is 10.9 Å². The molecule has 3 heterocycles. The molecule has 1 aromatic carbocycles. The smallest absolute Gasteiger partial charge is 0.242 e. The van der Waals surface area contributed by atoms with Gasteiger partial charge in [0.15, 0.2) is 0 Å². The highest BCUT2D eigenvalue weighted by Gasteiger charge is 2.24. The number of piperidine rings is 1. The predicted molar refractivity (Wildman–Crippen MR) is 105 cm³/mol. The first-order valence-electron chi connectivity index (χ1n) is 9.10. The van der Waals surface area contributed by atoms with Gasteiger partial charge in [0.1, 0.15) is 6.54 Å². The van der Waals surface area contributed by atoms with Gasteiger partial charge in [-0.15, -0.1) is 11.3 Å². The minimum absolute atomic E-state index is 0.0220. The van der Waals surface area contributed by atoms with Gasteiger partial charge in [0.2, 0.25) is 11.7 Å². The van der Waals surface area contributed by atoms with E-state index in [-0.39, 0.29) is 18.2 Å². The molecule has 4 nitrogen and oxygen atoms in total. The lowest BCUT2D eigenvalue weighted by Crippen LogP contribution is -2.43. The number of fused-ring (bicyclic) bond motifs is 1. The van der Waals surface area contributed by atoms with Gasteiger partial charge in [-0.1, -0.05) is 24.3 Å². The maximum Gasteiger partial charge on any atom is 0.242 e. The second kappa shape index (κ2) is 7.08. The molecule has 0 aliphatic carbocycles. The number of para-hydroxylation sites is 1. The molecule has 0 N–H and O–H groups in total. The van der Waals surface area contributed by atoms with Gasteiger partial charge < -0.3 is 9.47 Å². The highest BCUT2D eigenvalue weighted by Crippen LogP contribution is 2.26. The van der Waals surface area contributed by atoms with Crippen molar-refractivity contribution in [1.29, 1.82) is 0 Å². The Morgan fingerprint density at radius 2 is 2.00 bits per heavy atom. The lowest BCUT2D eigenvalue weighted by molar-refractivity contribution is -0.135. The molecule has 1 saturated heterocycles. The van der Waals surface area contributed by atoms with Crippen molar-refractivity contribution in [2.24, 2.45) is 0 Å². The van der Waals surface area contributed by atoms with E-state index in [1.165, 1.54) is 17.8 Å². The Morgan fingerprint density at radius 3 is 2.77 bits per heavy atom. The highest BCUT2D eigenvalue weighted by atomic mass is 32.1. The summed E-state index contributed by atoms with van der Waals surface area (Å²) < 4.78 is 1.93. The van der Waals surface area contributed by atoms with E-state index in [2.05, 4.69) is 6.92 Å². The fraction of sp³-hybridized carbons (Fsp3) is 0.333. The van der Waals surface area contributed by atoms with Gasteiger partial charge in [-0.2, -0.15) is 0 Å². The summed E-state index contributed by atoms with van der Waals surface area (Å²) in [4.78, 5) is 28.4. The van der Waals surface area contributed by atoms with Crippen LogP contribution in [0.5, 0.6) is 0 Å². The van der Waals surface area contributed by atoms with Gasteiger partial charge in [0.05, 0.1) is 4.88 Å². The summed E-state index contributed by atoms with van der Waals surface area (Å²) in [7, 11) is 0. The molecule has 134 valence electrons. The zero-order chi connectivity index (χ0) is 18.1. The monoisotopic (exact) mass is 366 g/mol. The van der Waals surface area contributed by atoms with Crippen molar-refractivity contribution in [1.82, 2.24) is 9.47 Å². The van der Waals surface area contributed by atoms with Gasteiger partial charge >= 0.3 is 0 Å². The van der Waals surface area contributed by atoms with Crippen molar-refractivity contribution in [3.8, 4) is 0 Å². The van der Waals surface area contributed by atoms with Gasteiger partial charge in [-0.3, -0.25) is 9.59 Å². The fourth-order valence-corrected chi connectivity index (χ4v) is 4.48. The third-order valence-corrected chi connectivity index (χ3v) is 6.08.